The average Bonchev–Trinajstić information content (AvgIpc) is 1.77. The van der Waals surface area contributed by atoms with Crippen molar-refractivity contribution in [3.63, 3.8) is 0 Å². The Kier molecular flexibility index (Phi) is 3.34. The van der Waals surface area contributed by atoms with E-state index < -0.39 is 0 Å². The molecule has 0 radical (unpaired) electrons. The third-order valence-electron chi connectivity index (χ3n) is 2.16. The molecule has 1 heterocycles. The van der Waals surface area contributed by atoms with Gasteiger partial charge in [-0.05, 0) is 31.8 Å². The van der Waals surface area contributed by atoms with Crippen molar-refractivity contribution in [1.82, 2.24) is 4.90 Å². The minimum atomic E-state index is -0.102. The minimum Gasteiger partial charge on any atom is -0.392 e. The summed E-state index contributed by atoms with van der Waals surface area (Å²) in [6.07, 6.45) is 2.15. The van der Waals surface area contributed by atoms with Crippen molar-refractivity contribution >= 4 is 0 Å². The lowest BCUT2D eigenvalue weighted by atomic mass is 10.0. The van der Waals surface area contributed by atoms with Crippen LogP contribution in [-0.2, 0) is 0 Å². The van der Waals surface area contributed by atoms with E-state index in [1.165, 1.54) is 19.5 Å². The van der Waals surface area contributed by atoms with Gasteiger partial charge >= 0.3 is 0 Å². The van der Waals surface area contributed by atoms with E-state index in [2.05, 4.69) is 18.7 Å². The summed E-state index contributed by atoms with van der Waals surface area (Å²) in [6, 6.07) is 0. The molecule has 0 aromatic carbocycles. The molecule has 0 saturated carbocycles. The van der Waals surface area contributed by atoms with E-state index in [0.29, 0.717) is 5.92 Å². The fraction of sp³-hybridized carbons (Fsp3) is 1.00. The first-order valence-electron chi connectivity index (χ1n) is 4.59. The first-order chi connectivity index (χ1) is 5.18. The number of likely N-dealkylation sites (tertiary alicyclic amines) is 1. The molecule has 1 N–H and O–H groups in total. The zero-order valence-electron chi connectivity index (χ0n) is 7.58. The molecule has 66 valence electrons. The highest BCUT2D eigenvalue weighted by atomic mass is 16.3. The van der Waals surface area contributed by atoms with Crippen LogP contribution < -0.4 is 0 Å². The Labute approximate surface area is 69.2 Å². The first-order valence-corrected chi connectivity index (χ1v) is 4.59. The van der Waals surface area contributed by atoms with Crippen molar-refractivity contribution in [3.05, 3.63) is 0 Å². The lowest BCUT2D eigenvalue weighted by molar-refractivity contribution is 0.0661. The number of hydrogen-bond acceptors (Lipinski definition) is 2. The Morgan fingerprint density at radius 2 is 2.00 bits per heavy atom. The lowest BCUT2D eigenvalue weighted by Gasteiger charge is -2.32. The molecular weight excluding hydrogens is 138 g/mol. The van der Waals surface area contributed by atoms with E-state index in [9.17, 15) is 5.11 Å². The molecule has 11 heavy (non-hydrogen) atoms. The van der Waals surface area contributed by atoms with Crippen LogP contribution in [-0.4, -0.2) is 35.7 Å². The molecule has 0 amide bonds. The van der Waals surface area contributed by atoms with Crippen LogP contribution in [0.5, 0.6) is 0 Å². The van der Waals surface area contributed by atoms with Crippen LogP contribution in [0.4, 0.5) is 0 Å². The Balaban J connectivity index is 2.04. The predicted octanol–water partition coefficient (Wildman–Crippen LogP) is 1.10. The molecule has 0 spiro atoms. The van der Waals surface area contributed by atoms with Crippen LogP contribution >= 0.6 is 0 Å². The summed E-state index contributed by atoms with van der Waals surface area (Å²) in [4.78, 5) is 2.31. The van der Waals surface area contributed by atoms with Gasteiger partial charge in [-0.3, -0.25) is 0 Å². The van der Waals surface area contributed by atoms with Crippen molar-refractivity contribution in [3.8, 4) is 0 Å². The molecule has 1 saturated heterocycles. The average molecular weight is 157 g/mol. The number of nitrogens with zero attached hydrogens (tertiary/aromatic N) is 1. The lowest BCUT2D eigenvalue weighted by Crippen LogP contribution is -2.42. The molecule has 0 aliphatic carbocycles. The van der Waals surface area contributed by atoms with Gasteiger partial charge in [0.1, 0.15) is 0 Å². The monoisotopic (exact) mass is 157 g/mol. The van der Waals surface area contributed by atoms with Gasteiger partial charge in [-0.2, -0.15) is 0 Å². The Morgan fingerprint density at radius 3 is 2.36 bits per heavy atom. The highest BCUT2D eigenvalue weighted by Crippen LogP contribution is 2.10. The highest BCUT2D eigenvalue weighted by molar-refractivity contribution is 4.72. The van der Waals surface area contributed by atoms with E-state index >= 15 is 0 Å². The van der Waals surface area contributed by atoms with Gasteiger partial charge in [-0.25, -0.2) is 0 Å². The molecule has 1 rings (SSSR count). The molecule has 1 aliphatic heterocycles. The van der Waals surface area contributed by atoms with Crippen LogP contribution in [0, 0.1) is 5.92 Å². The number of aliphatic hydroxyl groups is 1. The summed E-state index contributed by atoms with van der Waals surface area (Å²) in [6.45, 7) is 7.57. The molecule has 0 aromatic rings. The third-order valence-corrected chi connectivity index (χ3v) is 2.16. The fourth-order valence-electron chi connectivity index (χ4n) is 1.48. The van der Waals surface area contributed by atoms with Crippen molar-refractivity contribution in [2.24, 2.45) is 5.92 Å². The molecule has 1 atom stereocenters. The van der Waals surface area contributed by atoms with Gasteiger partial charge in [-0.15, -0.1) is 0 Å². The summed E-state index contributed by atoms with van der Waals surface area (Å²) in [5.41, 5.74) is 0. The minimum absolute atomic E-state index is 0.102. The summed E-state index contributed by atoms with van der Waals surface area (Å²) in [5.74, 6) is 0.617. The molecular formula is C9H19NO. The maximum atomic E-state index is 9.51. The largest absolute Gasteiger partial charge is 0.392 e. The van der Waals surface area contributed by atoms with Gasteiger partial charge in [-0.1, -0.05) is 13.8 Å². The normalized spacial score (nSPS) is 21.8. The predicted molar refractivity (Wildman–Crippen MR) is 46.5 cm³/mol. The second-order valence-electron chi connectivity index (χ2n) is 3.94. The van der Waals surface area contributed by atoms with Gasteiger partial charge in [0.2, 0.25) is 0 Å². The molecule has 0 aromatic heterocycles. The summed E-state index contributed by atoms with van der Waals surface area (Å²) in [7, 11) is 0. The number of hydrogen-bond donors (Lipinski definition) is 1. The van der Waals surface area contributed by atoms with Crippen LogP contribution in [0.3, 0.4) is 0 Å². The van der Waals surface area contributed by atoms with Gasteiger partial charge in [0.25, 0.3) is 0 Å². The van der Waals surface area contributed by atoms with E-state index in [1.807, 2.05) is 0 Å². The Bertz CT molecular complexity index is 110. The molecule has 1 fully saturated rings. The van der Waals surface area contributed by atoms with Crippen LogP contribution in [0.25, 0.3) is 0 Å². The fourth-order valence-corrected chi connectivity index (χ4v) is 1.48. The summed E-state index contributed by atoms with van der Waals surface area (Å²) in [5, 5.41) is 9.51. The standard InChI is InChI=1S/C9H19NO/c1-8(2)6-9(11)7-10-4-3-5-10/h8-9,11H,3-7H2,1-2H3/t9-/m1/s1. The Hall–Kier alpha value is -0.0800. The zero-order valence-corrected chi connectivity index (χ0v) is 7.58. The SMILES string of the molecule is CC(C)C[C@@H](O)CN1CCC1. The molecule has 1 aliphatic rings. The molecule has 2 nitrogen and oxygen atoms in total. The van der Waals surface area contributed by atoms with E-state index in [0.717, 1.165) is 13.0 Å². The van der Waals surface area contributed by atoms with E-state index in [1.54, 1.807) is 0 Å². The maximum Gasteiger partial charge on any atom is 0.0669 e. The van der Waals surface area contributed by atoms with Crippen LogP contribution in [0.2, 0.25) is 0 Å². The molecule has 2 heteroatoms. The second-order valence-corrected chi connectivity index (χ2v) is 3.94. The van der Waals surface area contributed by atoms with Crippen molar-refractivity contribution in [2.45, 2.75) is 32.8 Å². The van der Waals surface area contributed by atoms with Gasteiger partial charge in [0.15, 0.2) is 0 Å². The van der Waals surface area contributed by atoms with Gasteiger partial charge in [0.05, 0.1) is 6.10 Å². The first kappa shape index (κ1) is 9.01. The number of aliphatic hydroxyl groups excluding tert-OH is 1. The topological polar surface area (TPSA) is 23.5 Å². The zero-order chi connectivity index (χ0) is 8.27. The van der Waals surface area contributed by atoms with Crippen molar-refractivity contribution < 1.29 is 5.11 Å². The number of β-amino-alcohol motifs (C(OH)–C–C–N with tert-alkyl or cyclic N) is 1. The maximum absolute atomic E-state index is 9.51. The molecule has 0 bridgehead atoms. The summed E-state index contributed by atoms with van der Waals surface area (Å²) < 4.78 is 0. The van der Waals surface area contributed by atoms with Crippen LogP contribution in [0.1, 0.15) is 26.7 Å². The van der Waals surface area contributed by atoms with Crippen molar-refractivity contribution in [1.29, 1.82) is 0 Å². The van der Waals surface area contributed by atoms with E-state index in [4.69, 9.17) is 0 Å². The smallest absolute Gasteiger partial charge is 0.0669 e. The Morgan fingerprint density at radius 1 is 1.36 bits per heavy atom. The van der Waals surface area contributed by atoms with Gasteiger partial charge < -0.3 is 10.0 Å². The highest BCUT2D eigenvalue weighted by Gasteiger charge is 2.17. The molecule has 0 unspecified atom stereocenters. The van der Waals surface area contributed by atoms with E-state index in [-0.39, 0.29) is 6.10 Å². The second kappa shape index (κ2) is 4.07. The van der Waals surface area contributed by atoms with Crippen molar-refractivity contribution in [2.75, 3.05) is 19.6 Å². The number of rotatable bonds is 4. The van der Waals surface area contributed by atoms with Crippen LogP contribution in [0.15, 0.2) is 0 Å². The van der Waals surface area contributed by atoms with Gasteiger partial charge in [0, 0.05) is 6.54 Å². The third kappa shape index (κ3) is 3.21. The summed E-state index contributed by atoms with van der Waals surface area (Å²) >= 11 is 0. The quantitative estimate of drug-likeness (QED) is 0.660.